The smallest absolute Gasteiger partial charge is 0.341 e. The van der Waals surface area contributed by atoms with Gasteiger partial charge in [0, 0.05) is 23.4 Å². The van der Waals surface area contributed by atoms with Gasteiger partial charge in [0.2, 0.25) is 0 Å². The zero-order chi connectivity index (χ0) is 23.1. The molecule has 1 atom stereocenters. The second-order valence-electron chi connectivity index (χ2n) is 6.47. The van der Waals surface area contributed by atoms with Crippen LogP contribution < -0.4 is 4.74 Å². The molecule has 1 aromatic heterocycles. The number of benzene rings is 1. The van der Waals surface area contributed by atoms with Crippen LogP contribution in [0.3, 0.4) is 0 Å². The summed E-state index contributed by atoms with van der Waals surface area (Å²) in [6.07, 6.45) is 3.90. The fourth-order valence-electron chi connectivity index (χ4n) is 3.09. The predicted molar refractivity (Wildman–Crippen MR) is 120 cm³/mol. The van der Waals surface area contributed by atoms with Crippen molar-refractivity contribution >= 4 is 28.9 Å². The first kappa shape index (κ1) is 27.2. The Balaban J connectivity index is 0.00000154. The number of aromatic nitrogens is 1. The van der Waals surface area contributed by atoms with E-state index < -0.39 is 12.6 Å². The number of carbonyl (C=O) groups excluding carboxylic acids is 2. The molecule has 1 aromatic carbocycles. The van der Waals surface area contributed by atoms with E-state index in [1.54, 1.807) is 6.07 Å². The molecule has 0 fully saturated rings. The second-order valence-corrected chi connectivity index (χ2v) is 6.47. The summed E-state index contributed by atoms with van der Waals surface area (Å²) in [7, 11) is 0. The minimum Gasteiger partial charge on any atom is -0.480 e. The number of aryl methyl sites for hydroxylation is 1. The molecule has 166 valence electrons. The van der Waals surface area contributed by atoms with Crippen LogP contribution >= 0.6 is 0 Å². The molecule has 0 aliphatic carbocycles. The monoisotopic (exact) mass is 417 g/mol. The Morgan fingerprint density at radius 2 is 1.83 bits per heavy atom. The third kappa shape index (κ3) is 8.31. The molecule has 6 nitrogen and oxygen atoms in total. The zero-order valence-electron chi connectivity index (χ0n) is 19.0. The van der Waals surface area contributed by atoms with Crippen molar-refractivity contribution in [1.82, 2.24) is 4.98 Å². The van der Waals surface area contributed by atoms with Crippen molar-refractivity contribution in [2.75, 3.05) is 6.61 Å². The molecule has 0 saturated carbocycles. The Labute approximate surface area is 179 Å². The minimum absolute atomic E-state index is 0.134. The number of aldehydes is 1. The van der Waals surface area contributed by atoms with E-state index in [9.17, 15) is 9.59 Å². The lowest BCUT2D eigenvalue weighted by atomic mass is 9.87. The van der Waals surface area contributed by atoms with Gasteiger partial charge in [0.15, 0.2) is 6.61 Å². The van der Waals surface area contributed by atoms with Crippen LogP contribution in [0.15, 0.2) is 24.3 Å². The van der Waals surface area contributed by atoms with Crippen LogP contribution in [0.1, 0.15) is 77.5 Å². The molecule has 30 heavy (non-hydrogen) atoms. The summed E-state index contributed by atoms with van der Waals surface area (Å²) in [6.45, 7) is 11.0. The summed E-state index contributed by atoms with van der Waals surface area (Å²) in [5, 5.41) is 9.66. The molecule has 0 aliphatic rings. The number of aliphatic carboxylic acids is 1. The summed E-state index contributed by atoms with van der Waals surface area (Å²) in [5.41, 5.74) is 2.38. The number of nitrogens with zero attached hydrogens (tertiary/aromatic N) is 1. The molecule has 2 rings (SSSR count). The lowest BCUT2D eigenvalue weighted by Crippen LogP contribution is -2.14. The highest BCUT2D eigenvalue weighted by atomic mass is 16.5. The van der Waals surface area contributed by atoms with Crippen molar-refractivity contribution in [3.8, 4) is 5.75 Å². The van der Waals surface area contributed by atoms with Crippen LogP contribution in [0.25, 0.3) is 10.9 Å². The number of Topliss-reactive ketones (excluding diaryl/α,β-unsaturated/α-hetero) is 1. The van der Waals surface area contributed by atoms with Gasteiger partial charge in [0.25, 0.3) is 0 Å². The van der Waals surface area contributed by atoms with Crippen molar-refractivity contribution in [1.29, 1.82) is 0 Å². The van der Waals surface area contributed by atoms with Crippen LogP contribution in [-0.4, -0.2) is 34.7 Å². The maximum absolute atomic E-state index is 12.5. The molecule has 0 amide bonds. The lowest BCUT2D eigenvalue weighted by Gasteiger charge is -2.18. The first-order valence-electron chi connectivity index (χ1n) is 10.6. The molecule has 1 unspecified atom stereocenters. The SMILES string of the molecule is CC.CC=O.CCCC(=O)C(CCC)c1cc2cccc(OCC(=O)O)c2nc1C. The highest BCUT2D eigenvalue weighted by Gasteiger charge is 2.22. The standard InChI is InChI=1S/C20H25NO4.C2H4O.C2H6/c1-4-7-15(17(22)8-5-2)16-11-14-9-6-10-18(25-12-19(23)24)20(14)21-13(16)3;1-2-3;1-2/h6,9-11,15H,4-5,7-8,12H2,1-3H3,(H,23,24);2H,1H3;1-2H3. The van der Waals surface area contributed by atoms with Crippen LogP contribution in [0.5, 0.6) is 5.75 Å². The van der Waals surface area contributed by atoms with Gasteiger partial charge in [-0.2, -0.15) is 0 Å². The number of fused-ring (bicyclic) bond motifs is 1. The molecule has 0 radical (unpaired) electrons. The predicted octanol–water partition coefficient (Wildman–Crippen LogP) is 5.49. The number of carboxylic acid groups (broad SMARTS) is 1. The fraction of sp³-hybridized carbons (Fsp3) is 0.500. The van der Waals surface area contributed by atoms with Crippen LogP contribution in [0.2, 0.25) is 0 Å². The van der Waals surface area contributed by atoms with Gasteiger partial charge in [-0.1, -0.05) is 46.2 Å². The van der Waals surface area contributed by atoms with Gasteiger partial charge >= 0.3 is 5.97 Å². The fourth-order valence-corrected chi connectivity index (χ4v) is 3.09. The van der Waals surface area contributed by atoms with Gasteiger partial charge in [-0.3, -0.25) is 4.79 Å². The molecular weight excluding hydrogens is 382 g/mol. The van der Waals surface area contributed by atoms with E-state index in [1.807, 2.05) is 45.9 Å². The summed E-state index contributed by atoms with van der Waals surface area (Å²) < 4.78 is 5.34. The summed E-state index contributed by atoms with van der Waals surface area (Å²) in [4.78, 5) is 36.7. The van der Waals surface area contributed by atoms with Crippen LogP contribution in [0.4, 0.5) is 0 Å². The van der Waals surface area contributed by atoms with E-state index >= 15 is 0 Å². The van der Waals surface area contributed by atoms with Crippen molar-refractivity contribution < 1.29 is 24.2 Å². The number of hydrogen-bond acceptors (Lipinski definition) is 5. The Bertz CT molecular complexity index is 817. The van der Waals surface area contributed by atoms with E-state index in [2.05, 4.69) is 11.9 Å². The number of ether oxygens (including phenoxy) is 1. The highest BCUT2D eigenvalue weighted by molar-refractivity contribution is 5.90. The lowest BCUT2D eigenvalue weighted by molar-refractivity contribution is -0.139. The molecular formula is C24H35NO5. The molecule has 0 bridgehead atoms. The summed E-state index contributed by atoms with van der Waals surface area (Å²) >= 11 is 0. The van der Waals surface area contributed by atoms with E-state index in [4.69, 9.17) is 14.6 Å². The number of pyridine rings is 1. The second kappa shape index (κ2) is 15.1. The Hall–Kier alpha value is -2.76. The molecule has 0 aliphatic heterocycles. The van der Waals surface area contributed by atoms with Gasteiger partial charge in [0.05, 0.1) is 0 Å². The van der Waals surface area contributed by atoms with Gasteiger partial charge in [0.1, 0.15) is 23.3 Å². The highest BCUT2D eigenvalue weighted by Crippen LogP contribution is 2.32. The Kier molecular flexibility index (Phi) is 13.7. The summed E-state index contributed by atoms with van der Waals surface area (Å²) in [5.74, 6) is -0.461. The van der Waals surface area contributed by atoms with Crippen molar-refractivity contribution in [2.24, 2.45) is 0 Å². The Morgan fingerprint density at radius 3 is 2.37 bits per heavy atom. The summed E-state index contributed by atoms with van der Waals surface area (Å²) in [6, 6.07) is 7.43. The minimum atomic E-state index is -1.03. The largest absolute Gasteiger partial charge is 0.480 e. The third-order valence-electron chi connectivity index (χ3n) is 4.23. The van der Waals surface area contributed by atoms with Crippen molar-refractivity contribution in [3.63, 3.8) is 0 Å². The third-order valence-corrected chi connectivity index (χ3v) is 4.23. The van der Waals surface area contributed by atoms with E-state index in [0.29, 0.717) is 17.7 Å². The maximum Gasteiger partial charge on any atom is 0.341 e. The average molecular weight is 418 g/mol. The first-order chi connectivity index (χ1) is 14.4. The number of carbonyl (C=O) groups is 3. The number of carboxylic acids is 1. The maximum atomic E-state index is 12.5. The topological polar surface area (TPSA) is 93.6 Å². The quantitative estimate of drug-likeness (QED) is 0.542. The molecule has 1 heterocycles. The normalized spacial score (nSPS) is 10.7. The van der Waals surface area contributed by atoms with Gasteiger partial charge < -0.3 is 14.6 Å². The number of hydrogen-bond donors (Lipinski definition) is 1. The van der Waals surface area contributed by atoms with Gasteiger partial charge in [-0.15, -0.1) is 0 Å². The number of rotatable bonds is 9. The van der Waals surface area contributed by atoms with E-state index in [1.165, 1.54) is 6.92 Å². The van der Waals surface area contributed by atoms with E-state index in [-0.39, 0.29) is 11.7 Å². The number of ketones is 1. The average Bonchev–Trinajstić information content (AvgIpc) is 2.72. The van der Waals surface area contributed by atoms with Crippen molar-refractivity contribution in [3.05, 3.63) is 35.5 Å². The zero-order valence-corrected chi connectivity index (χ0v) is 19.0. The first-order valence-corrected chi connectivity index (χ1v) is 10.6. The molecule has 0 spiro atoms. The molecule has 6 heteroatoms. The number of para-hydroxylation sites is 1. The van der Waals surface area contributed by atoms with Gasteiger partial charge in [-0.05, 0) is 44.4 Å². The van der Waals surface area contributed by atoms with Crippen LogP contribution in [-0.2, 0) is 14.4 Å². The van der Waals surface area contributed by atoms with E-state index in [0.717, 1.165) is 42.2 Å². The molecule has 2 aromatic rings. The van der Waals surface area contributed by atoms with Gasteiger partial charge in [-0.25, -0.2) is 9.78 Å². The van der Waals surface area contributed by atoms with Crippen molar-refractivity contribution in [2.45, 2.75) is 73.1 Å². The molecule has 1 N–H and O–H groups in total. The van der Waals surface area contributed by atoms with Crippen LogP contribution in [0, 0.1) is 6.92 Å². The Morgan fingerprint density at radius 1 is 1.20 bits per heavy atom. The molecule has 0 saturated heterocycles.